The van der Waals surface area contributed by atoms with Crippen molar-refractivity contribution in [2.45, 2.75) is 68.7 Å². The summed E-state index contributed by atoms with van der Waals surface area (Å²) in [5.74, 6) is 1.35. The molecule has 7 heteroatoms. The first-order valence-electron chi connectivity index (χ1n) is 12.3. The Morgan fingerprint density at radius 3 is 2.29 bits per heavy atom. The van der Waals surface area contributed by atoms with Crippen molar-refractivity contribution in [3.63, 3.8) is 0 Å². The predicted octanol–water partition coefficient (Wildman–Crippen LogP) is 5.53. The smallest absolute Gasteiger partial charge is 0.223 e. The fourth-order valence-electron chi connectivity index (χ4n) is 5.24. The number of ether oxygens (including phenoxy) is 1. The second kappa shape index (κ2) is 10.5. The van der Waals surface area contributed by atoms with Crippen molar-refractivity contribution in [2.24, 2.45) is 23.7 Å². The van der Waals surface area contributed by atoms with Crippen LogP contribution in [0.4, 0.5) is 4.39 Å². The third-order valence-corrected chi connectivity index (χ3v) is 8.80. The molecule has 2 unspecified atom stereocenters. The molecule has 1 N–H and O–H groups in total. The Morgan fingerprint density at radius 1 is 1.03 bits per heavy atom. The minimum atomic E-state index is -3.90. The van der Waals surface area contributed by atoms with E-state index in [-0.39, 0.29) is 33.3 Å². The van der Waals surface area contributed by atoms with Crippen molar-refractivity contribution in [1.29, 1.82) is 0 Å². The molecule has 2 aliphatic carbocycles. The summed E-state index contributed by atoms with van der Waals surface area (Å²) in [6.45, 7) is 4.64. The maximum Gasteiger partial charge on any atom is 0.223 e. The van der Waals surface area contributed by atoms with Crippen LogP contribution >= 0.6 is 0 Å². The summed E-state index contributed by atoms with van der Waals surface area (Å²) in [4.78, 5) is 12.6. The zero-order chi connectivity index (χ0) is 24.3. The van der Waals surface area contributed by atoms with Gasteiger partial charge in [0.2, 0.25) is 15.7 Å². The molecule has 0 aromatic heterocycles. The molecule has 184 valence electrons. The summed E-state index contributed by atoms with van der Waals surface area (Å²) < 4.78 is 45.7. The summed E-state index contributed by atoms with van der Waals surface area (Å²) in [6.07, 6.45) is 7.05. The molecule has 0 spiro atoms. The van der Waals surface area contributed by atoms with Crippen LogP contribution in [-0.2, 0) is 21.2 Å². The Hall–Kier alpha value is -2.41. The number of halogens is 1. The van der Waals surface area contributed by atoms with Crippen LogP contribution in [0.2, 0.25) is 0 Å². The highest BCUT2D eigenvalue weighted by Gasteiger charge is 2.38. The highest BCUT2D eigenvalue weighted by molar-refractivity contribution is 7.91. The average Bonchev–Trinajstić information content (AvgIpc) is 3.26. The zero-order valence-corrected chi connectivity index (χ0v) is 20.7. The quantitative estimate of drug-likeness (QED) is 0.532. The van der Waals surface area contributed by atoms with E-state index in [1.165, 1.54) is 49.9 Å². The molecule has 2 aromatic carbocycles. The largest absolute Gasteiger partial charge is 0.493 e. The molecule has 2 fully saturated rings. The van der Waals surface area contributed by atoms with Gasteiger partial charge >= 0.3 is 0 Å². The number of hydrogen-bond donors (Lipinski definition) is 1. The lowest BCUT2D eigenvalue weighted by molar-refractivity contribution is -0.125. The Balaban J connectivity index is 1.38. The topological polar surface area (TPSA) is 72.5 Å². The van der Waals surface area contributed by atoms with Gasteiger partial charge in [0.1, 0.15) is 11.6 Å². The average molecular weight is 488 g/mol. The summed E-state index contributed by atoms with van der Waals surface area (Å²) in [7, 11) is -3.90. The highest BCUT2D eigenvalue weighted by Crippen LogP contribution is 2.45. The Labute approximate surface area is 202 Å². The molecule has 5 nitrogen and oxygen atoms in total. The van der Waals surface area contributed by atoms with E-state index in [1.54, 1.807) is 12.1 Å². The summed E-state index contributed by atoms with van der Waals surface area (Å²) in [5.41, 5.74) is 0.822. The number of fused-ring (bicyclic) bond motifs is 1. The Bertz CT molecular complexity index is 1100. The van der Waals surface area contributed by atoms with Gasteiger partial charge in [-0.2, -0.15) is 0 Å². The lowest BCUT2D eigenvalue weighted by Gasteiger charge is -2.24. The minimum absolute atomic E-state index is 0.0721. The molecular weight excluding hydrogens is 453 g/mol. The second-order valence-electron chi connectivity index (χ2n) is 10.2. The van der Waals surface area contributed by atoms with E-state index in [4.69, 9.17) is 4.74 Å². The number of nitrogens with one attached hydrogen (secondary N) is 1. The maximum atomic E-state index is 14.1. The first-order valence-corrected chi connectivity index (χ1v) is 13.8. The lowest BCUT2D eigenvalue weighted by Crippen LogP contribution is -2.29. The molecule has 0 radical (unpaired) electrons. The van der Waals surface area contributed by atoms with E-state index in [0.29, 0.717) is 25.0 Å². The molecule has 2 atom stereocenters. The van der Waals surface area contributed by atoms with Gasteiger partial charge in [0.05, 0.1) is 16.4 Å². The van der Waals surface area contributed by atoms with Gasteiger partial charge in [-0.25, -0.2) is 12.8 Å². The number of hydrogen-bond acceptors (Lipinski definition) is 4. The van der Waals surface area contributed by atoms with E-state index >= 15 is 0 Å². The van der Waals surface area contributed by atoms with Crippen LogP contribution in [0.15, 0.2) is 52.3 Å². The fraction of sp³-hybridized carbons (Fsp3) is 0.519. The van der Waals surface area contributed by atoms with E-state index in [9.17, 15) is 17.6 Å². The normalized spacial score (nSPS) is 22.4. The second-order valence-corrected chi connectivity index (χ2v) is 12.1. The van der Waals surface area contributed by atoms with Gasteiger partial charge in [0.15, 0.2) is 0 Å². The molecule has 0 aliphatic heterocycles. The van der Waals surface area contributed by atoms with E-state index in [0.717, 1.165) is 24.5 Å². The molecular formula is C27H34FNO4S. The maximum absolute atomic E-state index is 14.1. The van der Waals surface area contributed by atoms with Crippen LogP contribution in [0.1, 0.15) is 57.9 Å². The third kappa shape index (κ3) is 5.80. The molecule has 2 aromatic rings. The van der Waals surface area contributed by atoms with Crippen molar-refractivity contribution < 1.29 is 22.3 Å². The number of amides is 1. The van der Waals surface area contributed by atoms with E-state index in [2.05, 4.69) is 5.32 Å². The summed E-state index contributed by atoms with van der Waals surface area (Å²) in [5, 5.41) is 3.02. The molecule has 0 heterocycles. The first kappa shape index (κ1) is 24.7. The molecule has 2 saturated carbocycles. The van der Waals surface area contributed by atoms with Gasteiger partial charge in [0, 0.05) is 18.5 Å². The van der Waals surface area contributed by atoms with Gasteiger partial charge in [-0.15, -0.1) is 0 Å². The van der Waals surface area contributed by atoms with Crippen LogP contribution in [0.3, 0.4) is 0 Å². The third-order valence-electron chi connectivity index (χ3n) is 7.05. The highest BCUT2D eigenvalue weighted by atomic mass is 32.2. The molecule has 0 saturated heterocycles. The fourth-order valence-corrected chi connectivity index (χ4v) is 6.55. The molecule has 2 aliphatic rings. The van der Waals surface area contributed by atoms with Crippen molar-refractivity contribution in [1.82, 2.24) is 5.32 Å². The molecule has 4 rings (SSSR count). The van der Waals surface area contributed by atoms with Crippen LogP contribution in [0.25, 0.3) is 0 Å². The lowest BCUT2D eigenvalue weighted by atomic mass is 9.82. The standard InChI is InChI=1S/C27H34FNO4S/c1-18(2)17-33-24-13-23(28)14-26(15-24)34(31,32)25-9-7-19(8-10-25)16-29-27(30)22-11-20-5-3-4-6-21(20)12-22/h7-10,13-15,18,20-22H,3-6,11-12,16-17H2,1-2H3,(H,29,30). The van der Waals surface area contributed by atoms with Gasteiger partial charge in [-0.1, -0.05) is 51.7 Å². The number of carbonyl (C=O) groups is 1. The molecule has 0 bridgehead atoms. The number of benzene rings is 2. The van der Waals surface area contributed by atoms with Crippen molar-refractivity contribution >= 4 is 15.7 Å². The van der Waals surface area contributed by atoms with Gasteiger partial charge in [-0.3, -0.25) is 4.79 Å². The van der Waals surface area contributed by atoms with Crippen LogP contribution in [-0.4, -0.2) is 20.9 Å². The number of sulfone groups is 1. The Morgan fingerprint density at radius 2 is 1.68 bits per heavy atom. The Kier molecular flexibility index (Phi) is 7.60. The monoisotopic (exact) mass is 487 g/mol. The minimum Gasteiger partial charge on any atom is -0.493 e. The molecule has 34 heavy (non-hydrogen) atoms. The van der Waals surface area contributed by atoms with Crippen molar-refractivity contribution in [2.75, 3.05) is 6.61 Å². The van der Waals surface area contributed by atoms with Gasteiger partial charge in [0.25, 0.3) is 0 Å². The predicted molar refractivity (Wildman–Crippen MR) is 129 cm³/mol. The van der Waals surface area contributed by atoms with Crippen molar-refractivity contribution in [3.05, 3.63) is 53.8 Å². The number of rotatable bonds is 8. The van der Waals surface area contributed by atoms with Crippen LogP contribution in [0.5, 0.6) is 5.75 Å². The van der Waals surface area contributed by atoms with Gasteiger partial charge in [-0.05, 0) is 60.4 Å². The van der Waals surface area contributed by atoms with E-state index < -0.39 is 15.7 Å². The SMILES string of the molecule is CC(C)COc1cc(F)cc(S(=O)(=O)c2ccc(CNC(=O)C3CC4CCCCC4C3)cc2)c1. The van der Waals surface area contributed by atoms with Crippen LogP contribution in [0, 0.1) is 29.5 Å². The number of carbonyl (C=O) groups excluding carboxylic acids is 1. The summed E-state index contributed by atoms with van der Waals surface area (Å²) in [6, 6.07) is 9.93. The molecule has 1 amide bonds. The van der Waals surface area contributed by atoms with Gasteiger partial charge < -0.3 is 10.1 Å². The van der Waals surface area contributed by atoms with Crippen LogP contribution < -0.4 is 10.1 Å². The zero-order valence-electron chi connectivity index (χ0n) is 19.9. The van der Waals surface area contributed by atoms with Crippen molar-refractivity contribution in [3.8, 4) is 5.75 Å². The summed E-state index contributed by atoms with van der Waals surface area (Å²) >= 11 is 0. The first-order chi connectivity index (χ1) is 16.2. The van der Waals surface area contributed by atoms with E-state index in [1.807, 2.05) is 13.8 Å².